The van der Waals surface area contributed by atoms with Crippen molar-refractivity contribution in [2.75, 3.05) is 13.2 Å². The van der Waals surface area contributed by atoms with Crippen molar-refractivity contribution >= 4 is 11.9 Å². The third kappa shape index (κ3) is 47.9. The van der Waals surface area contributed by atoms with Gasteiger partial charge in [0.2, 0.25) is 0 Å². The number of carbonyl (C=O) groups is 2. The van der Waals surface area contributed by atoms with E-state index in [1.54, 1.807) is 0 Å². The van der Waals surface area contributed by atoms with Crippen LogP contribution in [0.5, 0.6) is 0 Å². The number of ether oxygens (including phenoxy) is 2. The van der Waals surface area contributed by atoms with E-state index in [-0.39, 0.29) is 25.2 Å². The van der Waals surface area contributed by atoms with E-state index in [4.69, 9.17) is 9.47 Å². The van der Waals surface area contributed by atoms with Gasteiger partial charge < -0.3 is 14.6 Å². The third-order valence-corrected chi connectivity index (χ3v) is 10.7. The van der Waals surface area contributed by atoms with Crippen LogP contribution >= 0.6 is 0 Å². The molecule has 0 saturated heterocycles. The molecule has 0 aliphatic rings. The standard InChI is InChI=1S/C54H94O5/c1-3-5-7-9-11-13-15-17-19-21-22-23-24-25-26-27-28-29-30-31-32-33-35-37-39-41-43-45-47-49-54(57)59-52(50-55)51-58-53(56)48-46-44-42-40-38-36-34-20-18-16-14-12-10-8-6-4-2/h5,7,11,13-14,16-17,19-20,22-23,34,52,55H,3-4,6,8-10,12,15,18,21,24-33,35-51H2,1-2H3/b7-5-,13-11-,16-14-,19-17-,23-22-,34-20-. The van der Waals surface area contributed by atoms with Crippen LogP contribution in [0, 0.1) is 0 Å². The predicted molar refractivity (Wildman–Crippen MR) is 256 cm³/mol. The molecule has 0 bridgehead atoms. The first-order valence-electron chi connectivity index (χ1n) is 25.0. The Morgan fingerprint density at radius 1 is 0.407 bits per heavy atom. The fourth-order valence-electron chi connectivity index (χ4n) is 6.99. The van der Waals surface area contributed by atoms with Crippen molar-refractivity contribution in [3.05, 3.63) is 72.9 Å². The number of hydrogen-bond donors (Lipinski definition) is 1. The zero-order chi connectivity index (χ0) is 42.8. The summed E-state index contributed by atoms with van der Waals surface area (Å²) >= 11 is 0. The van der Waals surface area contributed by atoms with Crippen LogP contribution in [0.3, 0.4) is 0 Å². The highest BCUT2D eigenvalue weighted by molar-refractivity contribution is 5.70. The van der Waals surface area contributed by atoms with Crippen LogP contribution in [0.15, 0.2) is 72.9 Å². The van der Waals surface area contributed by atoms with Gasteiger partial charge in [-0.2, -0.15) is 0 Å². The van der Waals surface area contributed by atoms with Gasteiger partial charge in [0, 0.05) is 12.8 Å². The molecule has 5 heteroatoms. The Morgan fingerprint density at radius 3 is 1.10 bits per heavy atom. The maximum Gasteiger partial charge on any atom is 0.306 e. The highest BCUT2D eigenvalue weighted by Gasteiger charge is 2.16. The number of allylic oxidation sites excluding steroid dienone is 12. The van der Waals surface area contributed by atoms with E-state index in [0.717, 1.165) is 77.0 Å². The van der Waals surface area contributed by atoms with E-state index in [2.05, 4.69) is 86.8 Å². The molecule has 0 saturated carbocycles. The Hall–Kier alpha value is -2.66. The number of aliphatic hydroxyl groups excluding tert-OH is 1. The van der Waals surface area contributed by atoms with Gasteiger partial charge >= 0.3 is 11.9 Å². The molecule has 5 nitrogen and oxygen atoms in total. The Morgan fingerprint density at radius 2 is 0.729 bits per heavy atom. The van der Waals surface area contributed by atoms with Crippen LogP contribution < -0.4 is 0 Å². The van der Waals surface area contributed by atoms with E-state index < -0.39 is 6.10 Å². The van der Waals surface area contributed by atoms with Crippen molar-refractivity contribution in [3.63, 3.8) is 0 Å². The van der Waals surface area contributed by atoms with Crippen LogP contribution in [-0.2, 0) is 19.1 Å². The molecule has 0 aliphatic carbocycles. The molecule has 0 radical (unpaired) electrons. The molecule has 0 aromatic carbocycles. The Labute approximate surface area is 365 Å². The molecule has 0 spiro atoms. The summed E-state index contributed by atoms with van der Waals surface area (Å²) in [5, 5.41) is 9.61. The predicted octanol–water partition coefficient (Wildman–Crippen LogP) is 16.5. The highest BCUT2D eigenvalue weighted by atomic mass is 16.6. The Kier molecular flexibility index (Phi) is 47.5. The van der Waals surface area contributed by atoms with Crippen LogP contribution in [0.4, 0.5) is 0 Å². The zero-order valence-electron chi connectivity index (χ0n) is 38.7. The molecule has 1 unspecified atom stereocenters. The smallest absolute Gasteiger partial charge is 0.306 e. The van der Waals surface area contributed by atoms with Crippen molar-refractivity contribution in [2.45, 2.75) is 245 Å². The minimum Gasteiger partial charge on any atom is -0.462 e. The number of hydrogen-bond acceptors (Lipinski definition) is 5. The highest BCUT2D eigenvalue weighted by Crippen LogP contribution is 2.15. The van der Waals surface area contributed by atoms with Crippen molar-refractivity contribution < 1.29 is 24.2 Å². The van der Waals surface area contributed by atoms with Gasteiger partial charge in [-0.3, -0.25) is 9.59 Å². The molecule has 59 heavy (non-hydrogen) atoms. The molecular weight excluding hydrogens is 729 g/mol. The van der Waals surface area contributed by atoms with Crippen molar-refractivity contribution in [1.29, 1.82) is 0 Å². The lowest BCUT2D eigenvalue weighted by Crippen LogP contribution is -2.28. The van der Waals surface area contributed by atoms with Gasteiger partial charge in [-0.25, -0.2) is 0 Å². The van der Waals surface area contributed by atoms with Crippen LogP contribution in [-0.4, -0.2) is 36.4 Å². The van der Waals surface area contributed by atoms with Crippen LogP contribution in [0.25, 0.3) is 0 Å². The van der Waals surface area contributed by atoms with E-state index in [0.29, 0.717) is 12.8 Å². The Bertz CT molecular complexity index is 1070. The minimum absolute atomic E-state index is 0.0737. The molecule has 1 N–H and O–H groups in total. The van der Waals surface area contributed by atoms with E-state index >= 15 is 0 Å². The molecule has 340 valence electrons. The monoisotopic (exact) mass is 823 g/mol. The quantitative estimate of drug-likeness (QED) is 0.0376. The number of rotatable bonds is 45. The zero-order valence-corrected chi connectivity index (χ0v) is 38.7. The van der Waals surface area contributed by atoms with Gasteiger partial charge in [-0.1, -0.05) is 215 Å². The molecule has 0 aromatic heterocycles. The molecule has 1 atom stereocenters. The summed E-state index contributed by atoms with van der Waals surface area (Å²) in [5.74, 6) is -0.603. The maximum atomic E-state index is 12.3. The summed E-state index contributed by atoms with van der Waals surface area (Å²) < 4.78 is 10.7. The average Bonchev–Trinajstić information content (AvgIpc) is 3.24. The average molecular weight is 823 g/mol. The van der Waals surface area contributed by atoms with Gasteiger partial charge in [-0.05, 0) is 83.5 Å². The van der Waals surface area contributed by atoms with Crippen LogP contribution in [0.2, 0.25) is 0 Å². The van der Waals surface area contributed by atoms with Gasteiger partial charge in [0.1, 0.15) is 6.61 Å². The fourth-order valence-corrected chi connectivity index (χ4v) is 6.99. The second-order valence-electron chi connectivity index (χ2n) is 16.5. The van der Waals surface area contributed by atoms with Crippen molar-refractivity contribution in [2.24, 2.45) is 0 Å². The minimum atomic E-state index is -0.779. The van der Waals surface area contributed by atoms with E-state index in [9.17, 15) is 14.7 Å². The largest absolute Gasteiger partial charge is 0.462 e. The topological polar surface area (TPSA) is 72.8 Å². The second-order valence-corrected chi connectivity index (χ2v) is 16.5. The Balaban J connectivity index is 3.50. The first-order chi connectivity index (χ1) is 29.1. The van der Waals surface area contributed by atoms with Gasteiger partial charge in [0.05, 0.1) is 6.61 Å². The third-order valence-electron chi connectivity index (χ3n) is 10.7. The molecule has 0 aliphatic heterocycles. The number of esters is 2. The normalized spacial score (nSPS) is 12.8. The van der Waals surface area contributed by atoms with Crippen LogP contribution in [0.1, 0.15) is 239 Å². The number of carbonyl (C=O) groups excluding carboxylic acids is 2. The fraction of sp³-hybridized carbons (Fsp3) is 0.741. The van der Waals surface area contributed by atoms with Gasteiger partial charge in [0.25, 0.3) is 0 Å². The lowest BCUT2D eigenvalue weighted by atomic mass is 10.0. The van der Waals surface area contributed by atoms with Crippen molar-refractivity contribution in [1.82, 2.24) is 0 Å². The molecule has 0 fully saturated rings. The molecule has 0 heterocycles. The van der Waals surface area contributed by atoms with E-state index in [1.807, 2.05) is 0 Å². The second kappa shape index (κ2) is 49.7. The summed E-state index contributed by atoms with van der Waals surface area (Å²) in [4.78, 5) is 24.4. The lowest BCUT2D eigenvalue weighted by molar-refractivity contribution is -0.161. The molecular formula is C54H94O5. The molecule has 0 amide bonds. The summed E-state index contributed by atoms with van der Waals surface area (Å²) in [7, 11) is 0. The first kappa shape index (κ1) is 56.3. The summed E-state index contributed by atoms with van der Waals surface area (Å²) in [6, 6.07) is 0. The molecule has 0 rings (SSSR count). The molecule has 0 aromatic rings. The van der Waals surface area contributed by atoms with E-state index in [1.165, 1.54) is 135 Å². The first-order valence-corrected chi connectivity index (χ1v) is 25.0. The van der Waals surface area contributed by atoms with Crippen molar-refractivity contribution in [3.8, 4) is 0 Å². The van der Waals surface area contributed by atoms with Gasteiger partial charge in [-0.15, -0.1) is 0 Å². The SMILES string of the molecule is CC/C=C\C/C=C\C/C=C\C/C=C\CCCCCCCCCCCCCCCCCCC(=O)OC(CO)COC(=O)CCCCCCC/C=C\C/C=C\CCCCCC. The maximum absolute atomic E-state index is 12.3. The lowest BCUT2D eigenvalue weighted by Gasteiger charge is -2.15. The summed E-state index contributed by atoms with van der Waals surface area (Å²) in [6.07, 6.45) is 67.1. The van der Waals surface area contributed by atoms with Gasteiger partial charge in [0.15, 0.2) is 6.10 Å². The summed E-state index contributed by atoms with van der Waals surface area (Å²) in [6.45, 7) is 4.01. The number of unbranched alkanes of at least 4 members (excludes halogenated alkanes) is 25. The summed E-state index contributed by atoms with van der Waals surface area (Å²) in [5.41, 5.74) is 0. The number of aliphatic hydroxyl groups is 1.